The van der Waals surface area contributed by atoms with Gasteiger partial charge in [0.1, 0.15) is 0 Å². The first-order valence-corrected chi connectivity index (χ1v) is 9.67. The molecule has 5 heteroatoms. The second-order valence-electron chi connectivity index (χ2n) is 8.60. The van der Waals surface area contributed by atoms with Crippen molar-refractivity contribution in [3.05, 3.63) is 0 Å². The Hall–Kier alpha value is -0.650. The van der Waals surface area contributed by atoms with Crippen LogP contribution in [0.3, 0.4) is 0 Å². The van der Waals surface area contributed by atoms with E-state index < -0.39 is 0 Å². The summed E-state index contributed by atoms with van der Waals surface area (Å²) in [6.45, 7) is 6.15. The van der Waals surface area contributed by atoms with Gasteiger partial charge in [-0.05, 0) is 56.5 Å². The highest BCUT2D eigenvalue weighted by molar-refractivity contribution is 5.77. The van der Waals surface area contributed by atoms with Crippen molar-refractivity contribution >= 4 is 5.91 Å². The van der Waals surface area contributed by atoms with Crippen molar-refractivity contribution < 1.29 is 9.53 Å². The number of amides is 1. The molecule has 0 aromatic heterocycles. The van der Waals surface area contributed by atoms with E-state index in [4.69, 9.17) is 4.74 Å². The number of methoxy groups -OCH3 is 1. The van der Waals surface area contributed by atoms with Crippen molar-refractivity contribution in [1.29, 1.82) is 0 Å². The van der Waals surface area contributed by atoms with E-state index in [9.17, 15) is 4.79 Å². The number of hydrogen-bond acceptors (Lipinski definition) is 4. The molecule has 3 aliphatic rings. The average molecular weight is 338 g/mol. The van der Waals surface area contributed by atoms with E-state index in [1.54, 1.807) is 12.0 Å². The highest BCUT2D eigenvalue weighted by atomic mass is 16.5. The van der Waals surface area contributed by atoms with Gasteiger partial charge in [-0.25, -0.2) is 0 Å². The summed E-state index contributed by atoms with van der Waals surface area (Å²) in [6.07, 6.45) is 8.09. The zero-order chi connectivity index (χ0) is 17.2. The quantitative estimate of drug-likeness (QED) is 0.739. The number of carbonyl (C=O) groups is 1. The van der Waals surface area contributed by atoms with Gasteiger partial charge in [0, 0.05) is 40.3 Å². The zero-order valence-electron chi connectivity index (χ0n) is 15.8. The Balaban J connectivity index is 1.55. The Kier molecular flexibility index (Phi) is 5.83. The summed E-state index contributed by atoms with van der Waals surface area (Å²) in [6, 6.07) is 0.400. The predicted molar refractivity (Wildman–Crippen MR) is 96.0 cm³/mol. The van der Waals surface area contributed by atoms with E-state index in [0.717, 1.165) is 19.1 Å². The second-order valence-corrected chi connectivity index (χ2v) is 8.60. The number of carbonyl (C=O) groups excluding carboxylic acids is 1. The number of nitrogens with zero attached hydrogens (tertiary/aromatic N) is 3. The summed E-state index contributed by atoms with van der Waals surface area (Å²) in [4.78, 5) is 18.9. The molecule has 1 aliphatic carbocycles. The van der Waals surface area contributed by atoms with E-state index in [1.165, 1.54) is 58.2 Å². The molecule has 1 spiro atoms. The molecule has 3 rings (SSSR count). The highest BCUT2D eigenvalue weighted by Gasteiger charge is 2.46. The molecule has 0 radical (unpaired) electrons. The summed E-state index contributed by atoms with van der Waals surface area (Å²) in [5.74, 6) is 1.17. The maximum absolute atomic E-state index is 12.2. The topological polar surface area (TPSA) is 36.0 Å². The van der Waals surface area contributed by atoms with Gasteiger partial charge >= 0.3 is 0 Å². The second kappa shape index (κ2) is 7.71. The van der Waals surface area contributed by atoms with Crippen LogP contribution in [0.1, 0.15) is 38.5 Å². The Labute approximate surface area is 147 Å². The van der Waals surface area contributed by atoms with Crippen LogP contribution in [0.4, 0.5) is 0 Å². The Bertz CT molecular complexity index is 428. The number of rotatable bonds is 6. The molecule has 138 valence electrons. The van der Waals surface area contributed by atoms with Crippen LogP contribution >= 0.6 is 0 Å². The van der Waals surface area contributed by atoms with Crippen LogP contribution in [0.5, 0.6) is 0 Å². The first-order valence-electron chi connectivity index (χ1n) is 9.67. The Morgan fingerprint density at radius 2 is 1.96 bits per heavy atom. The van der Waals surface area contributed by atoms with Crippen molar-refractivity contribution in [2.24, 2.45) is 11.3 Å². The SMILES string of the molecule is COC[C@@H]1CC2(CCN(CC3CCC3)CC2)CN1CC(=O)N(C)C. The van der Waals surface area contributed by atoms with Gasteiger partial charge in [0.15, 0.2) is 0 Å². The Morgan fingerprint density at radius 3 is 2.50 bits per heavy atom. The number of piperidine rings is 1. The third-order valence-electron chi connectivity index (χ3n) is 6.58. The molecule has 1 saturated carbocycles. The van der Waals surface area contributed by atoms with Crippen LogP contribution in [0.15, 0.2) is 0 Å². The highest BCUT2D eigenvalue weighted by Crippen LogP contribution is 2.43. The summed E-state index contributed by atoms with van der Waals surface area (Å²) in [7, 11) is 5.47. The first-order chi connectivity index (χ1) is 11.5. The van der Waals surface area contributed by atoms with E-state index >= 15 is 0 Å². The molecule has 1 atom stereocenters. The van der Waals surface area contributed by atoms with Crippen molar-refractivity contribution in [2.45, 2.75) is 44.6 Å². The third-order valence-corrected chi connectivity index (χ3v) is 6.58. The van der Waals surface area contributed by atoms with Gasteiger partial charge in [-0.1, -0.05) is 6.42 Å². The lowest BCUT2D eigenvalue weighted by atomic mass is 9.76. The molecule has 0 N–H and O–H groups in total. The van der Waals surface area contributed by atoms with Crippen LogP contribution < -0.4 is 0 Å². The third kappa shape index (κ3) is 4.12. The lowest BCUT2D eigenvalue weighted by Gasteiger charge is -2.42. The summed E-state index contributed by atoms with van der Waals surface area (Å²) >= 11 is 0. The van der Waals surface area contributed by atoms with Gasteiger partial charge in [0.2, 0.25) is 5.91 Å². The molecule has 0 aromatic carbocycles. The number of ether oxygens (including phenoxy) is 1. The first kappa shape index (κ1) is 18.2. The lowest BCUT2D eigenvalue weighted by molar-refractivity contribution is -0.130. The van der Waals surface area contributed by atoms with Crippen molar-refractivity contribution in [3.63, 3.8) is 0 Å². The molecule has 5 nitrogen and oxygen atoms in total. The monoisotopic (exact) mass is 337 g/mol. The zero-order valence-corrected chi connectivity index (χ0v) is 15.8. The van der Waals surface area contributed by atoms with Crippen LogP contribution in [0.2, 0.25) is 0 Å². The molecule has 3 fully saturated rings. The van der Waals surface area contributed by atoms with Crippen LogP contribution in [-0.2, 0) is 9.53 Å². The lowest BCUT2D eigenvalue weighted by Crippen LogP contribution is -2.45. The van der Waals surface area contributed by atoms with Gasteiger partial charge in [-0.2, -0.15) is 0 Å². The van der Waals surface area contributed by atoms with Gasteiger partial charge in [-0.3, -0.25) is 9.69 Å². The smallest absolute Gasteiger partial charge is 0.236 e. The van der Waals surface area contributed by atoms with Crippen molar-refractivity contribution in [3.8, 4) is 0 Å². The average Bonchev–Trinajstić information content (AvgIpc) is 2.83. The van der Waals surface area contributed by atoms with E-state index in [2.05, 4.69) is 9.80 Å². The van der Waals surface area contributed by atoms with E-state index in [1.807, 2.05) is 14.1 Å². The Morgan fingerprint density at radius 1 is 1.25 bits per heavy atom. The minimum absolute atomic E-state index is 0.204. The molecule has 0 aromatic rings. The normalized spacial score (nSPS) is 28.2. The summed E-state index contributed by atoms with van der Waals surface area (Å²) < 4.78 is 5.45. The minimum Gasteiger partial charge on any atom is -0.383 e. The molecule has 2 saturated heterocycles. The molecule has 2 heterocycles. The fraction of sp³-hybridized carbons (Fsp3) is 0.947. The van der Waals surface area contributed by atoms with Gasteiger partial charge in [0.25, 0.3) is 0 Å². The van der Waals surface area contributed by atoms with Gasteiger partial charge in [-0.15, -0.1) is 0 Å². The van der Waals surface area contributed by atoms with Crippen LogP contribution in [0, 0.1) is 11.3 Å². The van der Waals surface area contributed by atoms with E-state index in [-0.39, 0.29) is 5.91 Å². The molecule has 0 bridgehead atoms. The number of likely N-dealkylation sites (N-methyl/N-ethyl adjacent to an activating group) is 1. The van der Waals surface area contributed by atoms with Gasteiger partial charge < -0.3 is 14.5 Å². The molecule has 1 amide bonds. The number of hydrogen-bond donors (Lipinski definition) is 0. The van der Waals surface area contributed by atoms with Gasteiger partial charge in [0.05, 0.1) is 13.2 Å². The summed E-state index contributed by atoms with van der Waals surface area (Å²) in [5.41, 5.74) is 0.409. The maximum Gasteiger partial charge on any atom is 0.236 e. The molecule has 0 unspecified atom stereocenters. The van der Waals surface area contributed by atoms with Crippen molar-refractivity contribution in [1.82, 2.24) is 14.7 Å². The predicted octanol–water partition coefficient (Wildman–Crippen LogP) is 1.68. The fourth-order valence-corrected chi connectivity index (χ4v) is 4.72. The fourth-order valence-electron chi connectivity index (χ4n) is 4.72. The molecule has 24 heavy (non-hydrogen) atoms. The summed E-state index contributed by atoms with van der Waals surface area (Å²) in [5, 5.41) is 0. The minimum atomic E-state index is 0.204. The van der Waals surface area contributed by atoms with Crippen LogP contribution in [0.25, 0.3) is 0 Å². The number of likely N-dealkylation sites (tertiary alicyclic amines) is 2. The molecular formula is C19H35N3O2. The van der Waals surface area contributed by atoms with Crippen molar-refractivity contribution in [2.75, 3.05) is 60.5 Å². The molecular weight excluding hydrogens is 302 g/mol. The largest absolute Gasteiger partial charge is 0.383 e. The standard InChI is InChI=1S/C19H35N3O2/c1-20(2)18(23)13-22-15-19(11-17(22)14-24-3)7-9-21(10-8-19)12-16-5-4-6-16/h16-17H,4-15H2,1-3H3/t17-/m0/s1. The van der Waals surface area contributed by atoms with E-state index in [0.29, 0.717) is 18.0 Å². The maximum atomic E-state index is 12.2. The molecule has 2 aliphatic heterocycles. The van der Waals surface area contributed by atoms with Crippen LogP contribution in [-0.4, -0.2) is 87.2 Å².